The van der Waals surface area contributed by atoms with E-state index in [-0.39, 0.29) is 5.97 Å². The summed E-state index contributed by atoms with van der Waals surface area (Å²) >= 11 is 5.93. The van der Waals surface area contributed by atoms with Gasteiger partial charge in [0.05, 0.1) is 6.54 Å². The SMILES string of the molecule is CC(C)(C)OC(=O)CN1CCC(Nc2ccc(-c3cc(Cl)nnc3N)cc2)CC1. The largest absolute Gasteiger partial charge is 0.459 e. The maximum atomic E-state index is 12.0. The van der Waals surface area contributed by atoms with Crippen LogP contribution in [0.1, 0.15) is 33.6 Å². The number of carbonyl (C=O) groups is 1. The Morgan fingerprint density at radius 1 is 1.24 bits per heavy atom. The number of esters is 1. The Kier molecular flexibility index (Phi) is 6.59. The standard InChI is InChI=1S/C21H28ClN5O2/c1-21(2,3)29-19(28)13-27-10-8-16(9-11-27)24-15-6-4-14(5-7-15)17-12-18(22)25-26-20(17)23/h4-7,12,16,24H,8-11,13H2,1-3H3,(H2,23,26). The van der Waals surface area contributed by atoms with E-state index in [1.165, 1.54) is 0 Å². The van der Waals surface area contributed by atoms with Crippen LogP contribution in [0.3, 0.4) is 0 Å². The second-order valence-electron chi connectivity index (χ2n) is 8.32. The molecular weight excluding hydrogens is 390 g/mol. The Hall–Kier alpha value is -2.38. The van der Waals surface area contributed by atoms with E-state index in [4.69, 9.17) is 22.1 Å². The predicted molar refractivity (Wildman–Crippen MR) is 116 cm³/mol. The molecular formula is C21H28ClN5O2. The fraction of sp³-hybridized carbons (Fsp3) is 0.476. The van der Waals surface area contributed by atoms with Crippen LogP contribution in [0.2, 0.25) is 5.15 Å². The third kappa shape index (κ3) is 6.30. The van der Waals surface area contributed by atoms with Crippen molar-refractivity contribution in [2.45, 2.75) is 45.3 Å². The second kappa shape index (κ2) is 8.97. The molecule has 0 saturated carbocycles. The first-order chi connectivity index (χ1) is 13.7. The number of nitrogens with zero attached hydrogens (tertiary/aromatic N) is 3. The van der Waals surface area contributed by atoms with Crippen molar-refractivity contribution < 1.29 is 9.53 Å². The fourth-order valence-electron chi connectivity index (χ4n) is 3.38. The van der Waals surface area contributed by atoms with E-state index in [0.717, 1.165) is 42.7 Å². The number of anilines is 2. The highest BCUT2D eigenvalue weighted by molar-refractivity contribution is 6.29. The molecule has 0 aliphatic carbocycles. The van der Waals surface area contributed by atoms with E-state index in [1.54, 1.807) is 6.07 Å². The maximum absolute atomic E-state index is 12.0. The van der Waals surface area contributed by atoms with Gasteiger partial charge in [0.25, 0.3) is 0 Å². The van der Waals surface area contributed by atoms with Crippen LogP contribution in [0.25, 0.3) is 11.1 Å². The van der Waals surface area contributed by atoms with Crippen LogP contribution in [0.4, 0.5) is 11.5 Å². The van der Waals surface area contributed by atoms with Crippen LogP contribution in [0, 0.1) is 0 Å². The third-order valence-corrected chi connectivity index (χ3v) is 4.90. The number of halogens is 1. The lowest BCUT2D eigenvalue weighted by Gasteiger charge is -2.33. The minimum absolute atomic E-state index is 0.163. The number of nitrogens with two attached hydrogens (primary N) is 1. The zero-order valence-electron chi connectivity index (χ0n) is 17.1. The molecule has 156 valence electrons. The van der Waals surface area contributed by atoms with Crippen LogP contribution in [-0.2, 0) is 9.53 Å². The van der Waals surface area contributed by atoms with Crippen LogP contribution < -0.4 is 11.1 Å². The summed E-state index contributed by atoms with van der Waals surface area (Å²) in [6.45, 7) is 7.75. The Labute approximate surface area is 176 Å². The molecule has 0 amide bonds. The number of rotatable bonds is 5. The van der Waals surface area contributed by atoms with Crippen molar-refractivity contribution in [1.82, 2.24) is 15.1 Å². The van der Waals surface area contributed by atoms with Crippen molar-refractivity contribution in [1.29, 1.82) is 0 Å². The molecule has 1 aliphatic heterocycles. The molecule has 8 heteroatoms. The smallest absolute Gasteiger partial charge is 0.320 e. The summed E-state index contributed by atoms with van der Waals surface area (Å²) < 4.78 is 5.40. The van der Waals surface area contributed by atoms with Gasteiger partial charge in [0.15, 0.2) is 11.0 Å². The molecule has 2 aromatic rings. The molecule has 1 fully saturated rings. The second-order valence-corrected chi connectivity index (χ2v) is 8.71. The normalized spacial score (nSPS) is 15.9. The molecule has 0 radical (unpaired) electrons. The number of ether oxygens (including phenoxy) is 1. The molecule has 0 unspecified atom stereocenters. The predicted octanol–water partition coefficient (Wildman–Crippen LogP) is 3.60. The van der Waals surface area contributed by atoms with E-state index in [1.807, 2.05) is 45.0 Å². The number of benzene rings is 1. The lowest BCUT2D eigenvalue weighted by atomic mass is 10.0. The number of likely N-dealkylation sites (tertiary alicyclic amines) is 1. The molecule has 0 bridgehead atoms. The average molecular weight is 418 g/mol. The highest BCUT2D eigenvalue weighted by Gasteiger charge is 2.23. The van der Waals surface area contributed by atoms with Gasteiger partial charge >= 0.3 is 5.97 Å². The number of hydrogen-bond acceptors (Lipinski definition) is 7. The van der Waals surface area contributed by atoms with Gasteiger partial charge in [0, 0.05) is 30.4 Å². The molecule has 3 N–H and O–H groups in total. The summed E-state index contributed by atoms with van der Waals surface area (Å²) in [4.78, 5) is 14.1. The monoisotopic (exact) mass is 417 g/mol. The summed E-state index contributed by atoms with van der Waals surface area (Å²) in [5, 5.41) is 11.5. The Morgan fingerprint density at radius 2 is 1.90 bits per heavy atom. The van der Waals surface area contributed by atoms with E-state index >= 15 is 0 Å². The van der Waals surface area contributed by atoms with Gasteiger partial charge in [-0.05, 0) is 57.4 Å². The van der Waals surface area contributed by atoms with Gasteiger partial charge in [-0.2, -0.15) is 0 Å². The molecule has 0 atom stereocenters. The molecule has 29 heavy (non-hydrogen) atoms. The van der Waals surface area contributed by atoms with Gasteiger partial charge < -0.3 is 15.8 Å². The molecule has 0 spiro atoms. The molecule has 1 saturated heterocycles. The zero-order valence-corrected chi connectivity index (χ0v) is 17.9. The quantitative estimate of drug-likeness (QED) is 0.718. The minimum atomic E-state index is -0.439. The highest BCUT2D eigenvalue weighted by Crippen LogP contribution is 2.27. The fourth-order valence-corrected chi connectivity index (χ4v) is 3.53. The highest BCUT2D eigenvalue weighted by atomic mass is 35.5. The Morgan fingerprint density at radius 3 is 2.52 bits per heavy atom. The lowest BCUT2D eigenvalue weighted by Crippen LogP contribution is -2.42. The van der Waals surface area contributed by atoms with Gasteiger partial charge in [0.2, 0.25) is 0 Å². The number of hydrogen-bond donors (Lipinski definition) is 2. The van der Waals surface area contributed by atoms with Crippen molar-refractivity contribution in [2.24, 2.45) is 0 Å². The lowest BCUT2D eigenvalue weighted by molar-refractivity contribution is -0.156. The third-order valence-electron chi connectivity index (χ3n) is 4.72. The average Bonchev–Trinajstić information content (AvgIpc) is 2.64. The van der Waals surface area contributed by atoms with Gasteiger partial charge in [-0.3, -0.25) is 9.69 Å². The van der Waals surface area contributed by atoms with Crippen molar-refractivity contribution in [3.05, 3.63) is 35.5 Å². The molecule has 7 nitrogen and oxygen atoms in total. The van der Waals surface area contributed by atoms with E-state index in [9.17, 15) is 4.79 Å². The summed E-state index contributed by atoms with van der Waals surface area (Å²) in [5.74, 6) is 0.192. The summed E-state index contributed by atoms with van der Waals surface area (Å²) in [7, 11) is 0. The Balaban J connectivity index is 1.51. The maximum Gasteiger partial charge on any atom is 0.320 e. The van der Waals surface area contributed by atoms with E-state index in [2.05, 4.69) is 20.4 Å². The van der Waals surface area contributed by atoms with Gasteiger partial charge in [-0.25, -0.2) is 0 Å². The minimum Gasteiger partial charge on any atom is -0.459 e. The molecule has 1 aromatic carbocycles. The summed E-state index contributed by atoms with van der Waals surface area (Å²) in [6, 6.07) is 10.1. The first kappa shape index (κ1) is 21.3. The van der Waals surface area contributed by atoms with Crippen LogP contribution in [0.15, 0.2) is 30.3 Å². The van der Waals surface area contributed by atoms with Crippen molar-refractivity contribution in [3.8, 4) is 11.1 Å². The van der Waals surface area contributed by atoms with Gasteiger partial charge in [-0.1, -0.05) is 23.7 Å². The zero-order chi connectivity index (χ0) is 21.0. The van der Waals surface area contributed by atoms with Crippen molar-refractivity contribution in [3.63, 3.8) is 0 Å². The number of nitrogen functional groups attached to an aromatic ring is 1. The van der Waals surface area contributed by atoms with Crippen molar-refractivity contribution >= 4 is 29.1 Å². The van der Waals surface area contributed by atoms with Crippen molar-refractivity contribution in [2.75, 3.05) is 30.7 Å². The van der Waals surface area contributed by atoms with Gasteiger partial charge in [-0.15, -0.1) is 10.2 Å². The van der Waals surface area contributed by atoms with E-state index in [0.29, 0.717) is 23.6 Å². The van der Waals surface area contributed by atoms with Crippen LogP contribution in [0.5, 0.6) is 0 Å². The topological polar surface area (TPSA) is 93.4 Å². The summed E-state index contributed by atoms with van der Waals surface area (Å²) in [6.07, 6.45) is 1.95. The summed E-state index contributed by atoms with van der Waals surface area (Å²) in [5.41, 5.74) is 8.22. The number of aromatic nitrogens is 2. The molecule has 1 aromatic heterocycles. The molecule has 3 rings (SSSR count). The van der Waals surface area contributed by atoms with Gasteiger partial charge in [0.1, 0.15) is 5.60 Å². The molecule has 2 heterocycles. The van der Waals surface area contributed by atoms with Crippen LogP contribution in [-0.4, -0.2) is 52.3 Å². The molecule has 1 aliphatic rings. The van der Waals surface area contributed by atoms with E-state index < -0.39 is 5.60 Å². The number of nitrogens with one attached hydrogen (secondary N) is 1. The number of piperidine rings is 1. The van der Waals surface area contributed by atoms with Crippen LogP contribution >= 0.6 is 11.6 Å². The first-order valence-electron chi connectivity index (χ1n) is 9.79. The Bertz CT molecular complexity index is 843. The first-order valence-corrected chi connectivity index (χ1v) is 10.2. The number of carbonyl (C=O) groups excluding carboxylic acids is 1.